The van der Waals surface area contributed by atoms with E-state index in [2.05, 4.69) is 6.92 Å². The minimum absolute atomic E-state index is 0.399. The molecule has 4 heteroatoms. The van der Waals surface area contributed by atoms with Crippen molar-refractivity contribution in [2.24, 2.45) is 5.73 Å². The van der Waals surface area contributed by atoms with E-state index >= 15 is 0 Å². The summed E-state index contributed by atoms with van der Waals surface area (Å²) < 4.78 is 16.8. The molecule has 0 spiro atoms. The lowest BCUT2D eigenvalue weighted by Crippen LogP contribution is -1.97. The van der Waals surface area contributed by atoms with Crippen LogP contribution < -0.4 is 15.2 Å². The van der Waals surface area contributed by atoms with Crippen molar-refractivity contribution in [1.82, 2.24) is 0 Å². The summed E-state index contributed by atoms with van der Waals surface area (Å²) in [5.74, 6) is 3.29. The smallest absolute Gasteiger partial charge is 0.146 e. The van der Waals surface area contributed by atoms with Crippen LogP contribution in [0.5, 0.6) is 11.5 Å². The normalized spacial score (nSPS) is 10.6. The zero-order valence-corrected chi connectivity index (χ0v) is 12.0. The molecule has 2 rings (SSSR count). The summed E-state index contributed by atoms with van der Waals surface area (Å²) in [6, 6.07) is 9.54. The molecular formula is C16H21NO3. The second-order valence-electron chi connectivity index (χ2n) is 4.61. The number of aryl methyl sites for hydroxylation is 1. The highest BCUT2D eigenvalue weighted by Crippen LogP contribution is 2.20. The van der Waals surface area contributed by atoms with Crippen LogP contribution in [0.4, 0.5) is 0 Å². The van der Waals surface area contributed by atoms with Crippen LogP contribution in [0.15, 0.2) is 34.7 Å². The van der Waals surface area contributed by atoms with Crippen LogP contribution in [-0.2, 0) is 13.2 Å². The molecule has 2 N–H and O–H groups in total. The monoisotopic (exact) mass is 275 g/mol. The third-order valence-electron chi connectivity index (χ3n) is 2.97. The summed E-state index contributed by atoms with van der Waals surface area (Å²) in [6.45, 7) is 5.60. The van der Waals surface area contributed by atoms with Gasteiger partial charge in [-0.15, -0.1) is 0 Å². The van der Waals surface area contributed by atoms with Gasteiger partial charge < -0.3 is 19.6 Å². The molecule has 0 atom stereocenters. The Morgan fingerprint density at radius 1 is 1.10 bits per heavy atom. The maximum atomic E-state index is 5.67. The quantitative estimate of drug-likeness (QED) is 0.841. The van der Waals surface area contributed by atoms with E-state index in [4.69, 9.17) is 19.6 Å². The Labute approximate surface area is 119 Å². The summed E-state index contributed by atoms with van der Waals surface area (Å²) in [5.41, 5.74) is 6.63. The first-order chi connectivity index (χ1) is 9.72. The van der Waals surface area contributed by atoms with Crippen molar-refractivity contribution in [2.75, 3.05) is 6.61 Å². The molecule has 0 aliphatic carbocycles. The largest absolute Gasteiger partial charge is 0.494 e. The van der Waals surface area contributed by atoms with E-state index in [1.165, 1.54) is 0 Å². The summed E-state index contributed by atoms with van der Waals surface area (Å²) in [4.78, 5) is 0. The van der Waals surface area contributed by atoms with E-state index in [0.29, 0.717) is 13.2 Å². The summed E-state index contributed by atoms with van der Waals surface area (Å²) in [7, 11) is 0. The number of ether oxygens (including phenoxy) is 2. The molecule has 0 saturated heterocycles. The van der Waals surface area contributed by atoms with Crippen LogP contribution >= 0.6 is 0 Å². The molecule has 20 heavy (non-hydrogen) atoms. The van der Waals surface area contributed by atoms with Crippen LogP contribution in [-0.4, -0.2) is 6.61 Å². The number of rotatable bonds is 7. The molecule has 1 aromatic heterocycles. The van der Waals surface area contributed by atoms with Crippen molar-refractivity contribution in [3.8, 4) is 11.5 Å². The zero-order chi connectivity index (χ0) is 14.4. The molecule has 0 amide bonds. The van der Waals surface area contributed by atoms with E-state index in [1.807, 2.05) is 37.3 Å². The van der Waals surface area contributed by atoms with Gasteiger partial charge in [-0.25, -0.2) is 0 Å². The van der Waals surface area contributed by atoms with E-state index < -0.39 is 0 Å². The first-order valence-corrected chi connectivity index (χ1v) is 6.87. The molecule has 0 aliphatic rings. The van der Waals surface area contributed by atoms with Crippen molar-refractivity contribution < 1.29 is 13.9 Å². The van der Waals surface area contributed by atoms with Gasteiger partial charge in [0, 0.05) is 12.1 Å². The van der Waals surface area contributed by atoms with Gasteiger partial charge in [0.15, 0.2) is 0 Å². The van der Waals surface area contributed by atoms with E-state index in [0.717, 1.165) is 41.6 Å². The Morgan fingerprint density at radius 3 is 2.30 bits per heavy atom. The number of furan rings is 1. The van der Waals surface area contributed by atoms with Crippen molar-refractivity contribution in [2.45, 2.75) is 33.4 Å². The standard InChI is InChI=1S/C16H21NO3/c1-3-8-18-14-4-6-15(7-5-14)19-11-16-9-13(10-17)12(2)20-16/h4-7,9H,3,8,10-11,17H2,1-2H3. The third-order valence-corrected chi connectivity index (χ3v) is 2.97. The minimum atomic E-state index is 0.399. The maximum absolute atomic E-state index is 5.67. The van der Waals surface area contributed by atoms with Gasteiger partial charge in [0.25, 0.3) is 0 Å². The summed E-state index contributed by atoms with van der Waals surface area (Å²) >= 11 is 0. The molecule has 0 radical (unpaired) electrons. The van der Waals surface area contributed by atoms with E-state index in [9.17, 15) is 0 Å². The molecule has 0 unspecified atom stereocenters. The lowest BCUT2D eigenvalue weighted by atomic mass is 10.2. The first kappa shape index (κ1) is 14.5. The van der Waals surface area contributed by atoms with Gasteiger partial charge >= 0.3 is 0 Å². The highest BCUT2D eigenvalue weighted by molar-refractivity contribution is 5.31. The lowest BCUT2D eigenvalue weighted by molar-refractivity contribution is 0.266. The van der Waals surface area contributed by atoms with E-state index in [1.54, 1.807) is 0 Å². The molecule has 0 saturated carbocycles. The molecule has 0 aliphatic heterocycles. The predicted molar refractivity (Wildman–Crippen MR) is 77.9 cm³/mol. The molecule has 4 nitrogen and oxygen atoms in total. The Bertz CT molecular complexity index is 531. The molecule has 1 aromatic carbocycles. The maximum Gasteiger partial charge on any atom is 0.146 e. The molecule has 108 valence electrons. The second-order valence-corrected chi connectivity index (χ2v) is 4.61. The number of benzene rings is 1. The van der Waals surface area contributed by atoms with Crippen LogP contribution in [0.2, 0.25) is 0 Å². The third kappa shape index (κ3) is 3.78. The van der Waals surface area contributed by atoms with E-state index in [-0.39, 0.29) is 0 Å². The molecular weight excluding hydrogens is 254 g/mol. The van der Waals surface area contributed by atoms with Gasteiger partial charge in [-0.3, -0.25) is 0 Å². The second kappa shape index (κ2) is 7.01. The highest BCUT2D eigenvalue weighted by atomic mass is 16.5. The van der Waals surface area contributed by atoms with Gasteiger partial charge in [0.1, 0.15) is 29.6 Å². The lowest BCUT2D eigenvalue weighted by Gasteiger charge is -2.07. The first-order valence-electron chi connectivity index (χ1n) is 6.87. The zero-order valence-electron chi connectivity index (χ0n) is 12.0. The molecule has 2 aromatic rings. The van der Waals surface area contributed by atoms with Gasteiger partial charge in [-0.2, -0.15) is 0 Å². The Balaban J connectivity index is 1.89. The van der Waals surface area contributed by atoms with Crippen molar-refractivity contribution >= 4 is 0 Å². The van der Waals surface area contributed by atoms with Crippen LogP contribution in [0, 0.1) is 6.92 Å². The Hall–Kier alpha value is -1.94. The summed E-state index contributed by atoms with van der Waals surface area (Å²) in [5, 5.41) is 0. The van der Waals surface area contributed by atoms with Crippen molar-refractivity contribution in [1.29, 1.82) is 0 Å². The van der Waals surface area contributed by atoms with Gasteiger partial charge in [0.05, 0.1) is 6.61 Å². The van der Waals surface area contributed by atoms with Crippen LogP contribution in [0.3, 0.4) is 0 Å². The molecule has 1 heterocycles. The molecule has 0 bridgehead atoms. The average molecular weight is 275 g/mol. The number of nitrogens with two attached hydrogens (primary N) is 1. The van der Waals surface area contributed by atoms with Gasteiger partial charge in [-0.05, 0) is 43.7 Å². The number of hydrogen-bond donors (Lipinski definition) is 1. The van der Waals surface area contributed by atoms with Gasteiger partial charge in [0.2, 0.25) is 0 Å². The fraction of sp³-hybridized carbons (Fsp3) is 0.375. The fourth-order valence-corrected chi connectivity index (χ4v) is 1.87. The fourth-order valence-electron chi connectivity index (χ4n) is 1.87. The molecule has 0 fully saturated rings. The summed E-state index contributed by atoms with van der Waals surface area (Å²) in [6.07, 6.45) is 1.000. The predicted octanol–water partition coefficient (Wildman–Crippen LogP) is 3.41. The van der Waals surface area contributed by atoms with Crippen molar-refractivity contribution in [3.05, 3.63) is 47.4 Å². The minimum Gasteiger partial charge on any atom is -0.494 e. The SMILES string of the molecule is CCCOc1ccc(OCc2cc(CN)c(C)o2)cc1. The number of hydrogen-bond acceptors (Lipinski definition) is 4. The highest BCUT2D eigenvalue weighted by Gasteiger charge is 2.06. The Kier molecular flexibility index (Phi) is 5.07. The van der Waals surface area contributed by atoms with Gasteiger partial charge in [-0.1, -0.05) is 6.92 Å². The topological polar surface area (TPSA) is 57.6 Å². The van der Waals surface area contributed by atoms with Crippen LogP contribution in [0.1, 0.15) is 30.4 Å². The van der Waals surface area contributed by atoms with Crippen molar-refractivity contribution in [3.63, 3.8) is 0 Å². The van der Waals surface area contributed by atoms with Crippen LogP contribution in [0.25, 0.3) is 0 Å². The Morgan fingerprint density at radius 2 is 1.75 bits per heavy atom. The average Bonchev–Trinajstić information content (AvgIpc) is 2.84.